The quantitative estimate of drug-likeness (QED) is 0.550. The number of fused-ring (bicyclic) bond motifs is 3. The topological polar surface area (TPSA) is 3.88 Å². The number of rotatable bonds is 1. The van der Waals surface area contributed by atoms with E-state index in [9.17, 15) is 0 Å². The van der Waals surface area contributed by atoms with Crippen molar-refractivity contribution < 1.29 is 4.57 Å². The zero-order chi connectivity index (χ0) is 17.1. The highest BCUT2D eigenvalue weighted by Gasteiger charge is 2.40. The van der Waals surface area contributed by atoms with E-state index in [-0.39, 0.29) is 5.41 Å². The minimum Gasteiger partial charge on any atom is -0.201 e. The van der Waals surface area contributed by atoms with Crippen LogP contribution in [0.4, 0.5) is 0 Å². The van der Waals surface area contributed by atoms with Crippen molar-refractivity contribution in [2.24, 2.45) is 7.05 Å². The van der Waals surface area contributed by atoms with Crippen molar-refractivity contribution in [1.82, 2.24) is 0 Å². The van der Waals surface area contributed by atoms with Gasteiger partial charge in [0.05, 0.1) is 5.56 Å². The van der Waals surface area contributed by atoms with Crippen LogP contribution in [-0.4, -0.2) is 0 Å². The number of aryl methyl sites for hydroxylation is 3. The van der Waals surface area contributed by atoms with Crippen LogP contribution in [0.15, 0.2) is 54.7 Å². The average Bonchev–Trinajstić information content (AvgIpc) is 2.78. The molecule has 0 radical (unpaired) electrons. The summed E-state index contributed by atoms with van der Waals surface area (Å²) in [4.78, 5) is 0. The van der Waals surface area contributed by atoms with Crippen LogP contribution in [0.2, 0.25) is 0 Å². The highest BCUT2D eigenvalue weighted by molar-refractivity contribution is 5.88. The van der Waals surface area contributed by atoms with Gasteiger partial charge in [-0.1, -0.05) is 44.2 Å². The summed E-state index contributed by atoms with van der Waals surface area (Å²) in [5.41, 5.74) is 11.1. The molecule has 2 aromatic carbocycles. The Morgan fingerprint density at radius 2 is 1.50 bits per heavy atom. The molecule has 0 bridgehead atoms. The van der Waals surface area contributed by atoms with Gasteiger partial charge in [0.2, 0.25) is 5.69 Å². The van der Waals surface area contributed by atoms with E-state index in [4.69, 9.17) is 0 Å². The van der Waals surface area contributed by atoms with Gasteiger partial charge in [-0.15, -0.1) is 0 Å². The Morgan fingerprint density at radius 3 is 2.25 bits per heavy atom. The maximum Gasteiger partial charge on any atom is 0.212 e. The number of hydrogen-bond donors (Lipinski definition) is 0. The lowest BCUT2D eigenvalue weighted by Crippen LogP contribution is -2.31. The summed E-state index contributed by atoms with van der Waals surface area (Å²) in [5, 5.41) is 0. The first-order chi connectivity index (χ1) is 11.4. The molecule has 3 aromatic rings. The summed E-state index contributed by atoms with van der Waals surface area (Å²) in [7, 11) is 2.13. The van der Waals surface area contributed by atoms with Crippen LogP contribution in [0, 0.1) is 13.8 Å². The monoisotopic (exact) mass is 314 g/mol. The molecule has 0 spiro atoms. The summed E-state index contributed by atoms with van der Waals surface area (Å²) >= 11 is 0. The van der Waals surface area contributed by atoms with Gasteiger partial charge in [-0.05, 0) is 53.3 Å². The van der Waals surface area contributed by atoms with Crippen molar-refractivity contribution in [2.45, 2.75) is 33.1 Å². The lowest BCUT2D eigenvalue weighted by molar-refractivity contribution is -0.660. The lowest BCUT2D eigenvalue weighted by Gasteiger charge is -2.26. The van der Waals surface area contributed by atoms with Crippen molar-refractivity contribution in [2.75, 3.05) is 0 Å². The van der Waals surface area contributed by atoms with Crippen LogP contribution >= 0.6 is 0 Å². The molecule has 0 aliphatic heterocycles. The smallest absolute Gasteiger partial charge is 0.201 e. The second-order valence-corrected chi connectivity index (χ2v) is 7.50. The van der Waals surface area contributed by atoms with Crippen LogP contribution in [0.5, 0.6) is 0 Å². The maximum absolute atomic E-state index is 2.37. The van der Waals surface area contributed by atoms with Crippen molar-refractivity contribution in [3.8, 4) is 22.4 Å². The molecule has 1 aliphatic rings. The minimum absolute atomic E-state index is 0.0141. The van der Waals surface area contributed by atoms with Gasteiger partial charge in [0.1, 0.15) is 7.05 Å². The Balaban J connectivity index is 2.13. The number of hydrogen-bond acceptors (Lipinski definition) is 0. The van der Waals surface area contributed by atoms with E-state index < -0.39 is 0 Å². The predicted molar refractivity (Wildman–Crippen MR) is 100 cm³/mol. The summed E-state index contributed by atoms with van der Waals surface area (Å²) in [5.74, 6) is 0. The van der Waals surface area contributed by atoms with Crippen LogP contribution in [0.25, 0.3) is 22.4 Å². The normalized spacial score (nSPS) is 14.4. The number of pyridine rings is 1. The third-order valence-electron chi connectivity index (χ3n) is 5.54. The van der Waals surface area contributed by atoms with Gasteiger partial charge in [-0.2, -0.15) is 0 Å². The Bertz CT molecular complexity index is 964. The van der Waals surface area contributed by atoms with E-state index >= 15 is 0 Å². The first kappa shape index (κ1) is 15.1. The molecular formula is C23H24N+. The molecule has 0 N–H and O–H groups in total. The fourth-order valence-corrected chi connectivity index (χ4v) is 4.54. The van der Waals surface area contributed by atoms with Crippen molar-refractivity contribution >= 4 is 0 Å². The molecule has 0 fully saturated rings. The highest BCUT2D eigenvalue weighted by atomic mass is 14.9. The number of aromatic nitrogens is 1. The van der Waals surface area contributed by atoms with Crippen LogP contribution in [-0.2, 0) is 12.5 Å². The molecule has 1 aliphatic carbocycles. The van der Waals surface area contributed by atoms with E-state index in [1.807, 2.05) is 0 Å². The molecule has 1 aromatic heterocycles. The molecule has 0 saturated heterocycles. The fraction of sp³-hybridized carbons (Fsp3) is 0.261. The number of nitrogens with zero attached hydrogens (tertiary/aromatic N) is 1. The maximum atomic E-state index is 2.37. The lowest BCUT2D eigenvalue weighted by atomic mass is 9.77. The molecule has 0 unspecified atom stereocenters. The van der Waals surface area contributed by atoms with E-state index in [0.29, 0.717) is 0 Å². The summed E-state index contributed by atoms with van der Waals surface area (Å²) in [6, 6.07) is 17.7. The number of benzene rings is 2. The standard InChI is InChI=1S/C23H24N/c1-15-12-13-18-17-10-8-9-16(2)21(17)23(3,4)22(18)20(15)19-11-6-7-14-24(19)5/h6-14H,1-5H3/q+1. The second kappa shape index (κ2) is 5.04. The summed E-state index contributed by atoms with van der Waals surface area (Å²) in [6.07, 6.45) is 2.13. The van der Waals surface area contributed by atoms with E-state index in [1.165, 1.54) is 44.6 Å². The van der Waals surface area contributed by atoms with Gasteiger partial charge in [-0.25, -0.2) is 4.57 Å². The first-order valence-electron chi connectivity index (χ1n) is 8.62. The second-order valence-electron chi connectivity index (χ2n) is 7.50. The van der Waals surface area contributed by atoms with Gasteiger partial charge in [0.15, 0.2) is 6.20 Å². The third-order valence-corrected chi connectivity index (χ3v) is 5.54. The third kappa shape index (κ3) is 1.91. The molecule has 4 rings (SSSR count). The molecule has 1 heterocycles. The molecule has 0 atom stereocenters. The molecule has 1 heteroatoms. The minimum atomic E-state index is 0.0141. The first-order valence-corrected chi connectivity index (χ1v) is 8.62. The van der Waals surface area contributed by atoms with E-state index in [1.54, 1.807) is 0 Å². The van der Waals surface area contributed by atoms with Crippen LogP contribution in [0.1, 0.15) is 36.1 Å². The summed E-state index contributed by atoms with van der Waals surface area (Å²) in [6.45, 7) is 9.21. The Hall–Kier alpha value is -2.41. The van der Waals surface area contributed by atoms with Gasteiger partial charge in [0, 0.05) is 17.5 Å². The van der Waals surface area contributed by atoms with Gasteiger partial charge in [-0.3, -0.25) is 0 Å². The molecule has 120 valence electrons. The van der Waals surface area contributed by atoms with Crippen LogP contribution in [0.3, 0.4) is 0 Å². The Kier molecular flexibility index (Phi) is 3.18. The van der Waals surface area contributed by atoms with Crippen molar-refractivity contribution in [3.05, 3.63) is 77.0 Å². The van der Waals surface area contributed by atoms with Crippen molar-refractivity contribution in [1.29, 1.82) is 0 Å². The molecule has 24 heavy (non-hydrogen) atoms. The van der Waals surface area contributed by atoms with Gasteiger partial charge in [0.25, 0.3) is 0 Å². The Morgan fingerprint density at radius 1 is 0.750 bits per heavy atom. The molecule has 0 saturated carbocycles. The zero-order valence-corrected chi connectivity index (χ0v) is 15.1. The average molecular weight is 314 g/mol. The largest absolute Gasteiger partial charge is 0.212 e. The Labute approximate surface area is 144 Å². The van der Waals surface area contributed by atoms with E-state index in [0.717, 1.165) is 0 Å². The molecule has 0 amide bonds. The van der Waals surface area contributed by atoms with Crippen molar-refractivity contribution in [3.63, 3.8) is 0 Å². The van der Waals surface area contributed by atoms with E-state index in [2.05, 4.69) is 94.0 Å². The predicted octanol–water partition coefficient (Wildman–Crippen LogP) is 5.10. The summed E-state index contributed by atoms with van der Waals surface area (Å²) < 4.78 is 2.23. The molecule has 1 nitrogen and oxygen atoms in total. The van der Waals surface area contributed by atoms with Gasteiger partial charge < -0.3 is 0 Å². The van der Waals surface area contributed by atoms with Gasteiger partial charge >= 0.3 is 0 Å². The highest BCUT2D eigenvalue weighted by Crippen LogP contribution is 2.53. The fourth-order valence-electron chi connectivity index (χ4n) is 4.54. The molecular weight excluding hydrogens is 290 g/mol. The van der Waals surface area contributed by atoms with Crippen LogP contribution < -0.4 is 4.57 Å². The SMILES string of the molecule is Cc1ccc2c(c1-c1cccc[n+]1C)C(C)(C)c1c(C)cccc1-2. The zero-order valence-electron chi connectivity index (χ0n) is 15.1.